The number of para-hydroxylation sites is 2. The molecule has 0 unspecified atom stereocenters. The van der Waals surface area contributed by atoms with Gasteiger partial charge in [0.05, 0.1) is 13.1 Å². The standard InChI is InChI=1S/C14H19NO4/c1-10(2)14(18)8-15(9-14)13(17)7-19-12-6-4-3-5-11(12)16/h3-6,10,16,18H,7-9H2,1-2H3. The Bertz CT molecular complexity index is 466. The number of phenolic OH excluding ortho intramolecular Hbond substituents is 1. The predicted molar refractivity (Wildman–Crippen MR) is 70.0 cm³/mol. The van der Waals surface area contributed by atoms with E-state index < -0.39 is 5.60 Å². The highest BCUT2D eigenvalue weighted by molar-refractivity contribution is 5.79. The van der Waals surface area contributed by atoms with Crippen LogP contribution in [0.25, 0.3) is 0 Å². The van der Waals surface area contributed by atoms with Crippen molar-refractivity contribution in [1.82, 2.24) is 4.90 Å². The van der Waals surface area contributed by atoms with E-state index in [4.69, 9.17) is 4.74 Å². The third-order valence-electron chi connectivity index (χ3n) is 3.57. The lowest BCUT2D eigenvalue weighted by molar-refractivity contribution is -0.165. The van der Waals surface area contributed by atoms with Crippen LogP contribution in [0.5, 0.6) is 11.5 Å². The van der Waals surface area contributed by atoms with Crippen molar-refractivity contribution >= 4 is 5.91 Å². The molecule has 104 valence electrons. The number of nitrogens with zero attached hydrogens (tertiary/aromatic N) is 1. The molecule has 1 heterocycles. The fourth-order valence-corrected chi connectivity index (χ4v) is 1.97. The third kappa shape index (κ3) is 2.81. The minimum atomic E-state index is -0.773. The highest BCUT2D eigenvalue weighted by Gasteiger charge is 2.45. The van der Waals surface area contributed by atoms with Crippen LogP contribution in [0.4, 0.5) is 0 Å². The topological polar surface area (TPSA) is 70.0 Å². The Balaban J connectivity index is 1.83. The lowest BCUT2D eigenvalue weighted by Crippen LogP contribution is -2.66. The van der Waals surface area contributed by atoms with E-state index in [1.54, 1.807) is 23.1 Å². The molecule has 19 heavy (non-hydrogen) atoms. The van der Waals surface area contributed by atoms with Crippen molar-refractivity contribution in [3.63, 3.8) is 0 Å². The Hall–Kier alpha value is -1.75. The predicted octanol–water partition coefficient (Wildman–Crippen LogP) is 1.00. The summed E-state index contributed by atoms with van der Waals surface area (Å²) >= 11 is 0. The van der Waals surface area contributed by atoms with E-state index in [0.717, 1.165) is 0 Å². The monoisotopic (exact) mass is 265 g/mol. The minimum Gasteiger partial charge on any atom is -0.504 e. The molecule has 2 rings (SSSR count). The zero-order valence-electron chi connectivity index (χ0n) is 11.2. The van der Waals surface area contributed by atoms with Crippen molar-refractivity contribution in [2.45, 2.75) is 19.4 Å². The van der Waals surface area contributed by atoms with Crippen molar-refractivity contribution in [2.75, 3.05) is 19.7 Å². The van der Waals surface area contributed by atoms with Crippen LogP contribution in [-0.2, 0) is 4.79 Å². The maximum absolute atomic E-state index is 11.8. The van der Waals surface area contributed by atoms with Crippen LogP contribution in [0.15, 0.2) is 24.3 Å². The molecule has 0 spiro atoms. The number of carbonyl (C=O) groups is 1. The zero-order chi connectivity index (χ0) is 14.0. The van der Waals surface area contributed by atoms with E-state index >= 15 is 0 Å². The first-order valence-corrected chi connectivity index (χ1v) is 6.33. The fraction of sp³-hybridized carbons (Fsp3) is 0.500. The molecule has 1 aliphatic heterocycles. The van der Waals surface area contributed by atoms with Gasteiger partial charge in [-0.15, -0.1) is 0 Å². The van der Waals surface area contributed by atoms with Gasteiger partial charge < -0.3 is 19.8 Å². The third-order valence-corrected chi connectivity index (χ3v) is 3.57. The number of benzene rings is 1. The second-order valence-corrected chi connectivity index (χ2v) is 5.26. The summed E-state index contributed by atoms with van der Waals surface area (Å²) in [5.74, 6) is 0.234. The van der Waals surface area contributed by atoms with Crippen LogP contribution in [0.2, 0.25) is 0 Å². The quantitative estimate of drug-likeness (QED) is 0.852. The lowest BCUT2D eigenvalue weighted by atomic mass is 9.83. The summed E-state index contributed by atoms with van der Waals surface area (Å²) in [7, 11) is 0. The molecule has 0 saturated carbocycles. The number of likely N-dealkylation sites (tertiary alicyclic amines) is 1. The summed E-state index contributed by atoms with van der Waals surface area (Å²) < 4.78 is 5.26. The number of hydrogen-bond donors (Lipinski definition) is 2. The minimum absolute atomic E-state index is 0.0117. The molecule has 1 aromatic rings. The Kier molecular flexibility index (Phi) is 3.66. The number of aromatic hydroxyl groups is 1. The number of carbonyl (C=O) groups excluding carboxylic acids is 1. The number of aliphatic hydroxyl groups is 1. The van der Waals surface area contributed by atoms with Gasteiger partial charge in [0.1, 0.15) is 5.60 Å². The smallest absolute Gasteiger partial charge is 0.260 e. The van der Waals surface area contributed by atoms with Crippen LogP contribution in [0, 0.1) is 5.92 Å². The number of amides is 1. The first-order valence-electron chi connectivity index (χ1n) is 6.33. The van der Waals surface area contributed by atoms with Gasteiger partial charge in [-0.05, 0) is 18.1 Å². The van der Waals surface area contributed by atoms with Crippen LogP contribution < -0.4 is 4.74 Å². The zero-order valence-corrected chi connectivity index (χ0v) is 11.2. The summed E-state index contributed by atoms with van der Waals surface area (Å²) in [5, 5.41) is 19.6. The van der Waals surface area contributed by atoms with Crippen molar-refractivity contribution in [2.24, 2.45) is 5.92 Å². The highest BCUT2D eigenvalue weighted by atomic mass is 16.5. The van der Waals surface area contributed by atoms with Gasteiger partial charge in [0.15, 0.2) is 18.1 Å². The average Bonchev–Trinajstić information content (AvgIpc) is 2.33. The first-order chi connectivity index (χ1) is 8.92. The van der Waals surface area contributed by atoms with Gasteiger partial charge >= 0.3 is 0 Å². The number of hydrogen-bond acceptors (Lipinski definition) is 4. The normalized spacial score (nSPS) is 17.2. The van der Waals surface area contributed by atoms with E-state index in [0.29, 0.717) is 13.1 Å². The Labute approximate surface area is 112 Å². The molecule has 0 aliphatic carbocycles. The van der Waals surface area contributed by atoms with Gasteiger partial charge in [0.25, 0.3) is 5.91 Å². The van der Waals surface area contributed by atoms with E-state index in [9.17, 15) is 15.0 Å². The van der Waals surface area contributed by atoms with E-state index in [1.165, 1.54) is 6.07 Å². The average molecular weight is 265 g/mol. The first kappa shape index (κ1) is 13.7. The maximum Gasteiger partial charge on any atom is 0.260 e. The van der Waals surface area contributed by atoms with E-state index in [1.807, 2.05) is 13.8 Å². The Morgan fingerprint density at radius 3 is 2.63 bits per heavy atom. The second-order valence-electron chi connectivity index (χ2n) is 5.26. The van der Waals surface area contributed by atoms with Gasteiger partial charge in [-0.2, -0.15) is 0 Å². The van der Waals surface area contributed by atoms with Crippen LogP contribution in [0.3, 0.4) is 0 Å². The molecule has 0 bridgehead atoms. The van der Waals surface area contributed by atoms with Crippen molar-refractivity contribution < 1.29 is 19.7 Å². The van der Waals surface area contributed by atoms with Crippen LogP contribution in [-0.4, -0.2) is 46.3 Å². The molecule has 1 aliphatic rings. The second kappa shape index (κ2) is 5.09. The fourth-order valence-electron chi connectivity index (χ4n) is 1.97. The van der Waals surface area contributed by atoms with Crippen LogP contribution in [0.1, 0.15) is 13.8 Å². The number of phenols is 1. The van der Waals surface area contributed by atoms with Gasteiger partial charge in [0.2, 0.25) is 0 Å². The maximum atomic E-state index is 11.8. The lowest BCUT2D eigenvalue weighted by Gasteiger charge is -2.48. The van der Waals surface area contributed by atoms with E-state index in [-0.39, 0.29) is 29.9 Å². The molecule has 1 fully saturated rings. The summed E-state index contributed by atoms with van der Waals surface area (Å²) in [4.78, 5) is 13.4. The summed E-state index contributed by atoms with van der Waals surface area (Å²) in [6.07, 6.45) is 0. The SMILES string of the molecule is CC(C)C1(O)CN(C(=O)COc2ccccc2O)C1. The van der Waals surface area contributed by atoms with Crippen molar-refractivity contribution in [3.8, 4) is 11.5 Å². The summed E-state index contributed by atoms with van der Waals surface area (Å²) in [6, 6.07) is 6.51. The summed E-state index contributed by atoms with van der Waals surface area (Å²) in [5.41, 5.74) is -0.773. The number of ether oxygens (including phenoxy) is 1. The molecule has 2 N–H and O–H groups in total. The molecule has 1 aromatic carbocycles. The molecule has 5 heteroatoms. The van der Waals surface area contributed by atoms with Crippen LogP contribution >= 0.6 is 0 Å². The molecular weight excluding hydrogens is 246 g/mol. The molecule has 0 radical (unpaired) electrons. The summed E-state index contributed by atoms with van der Waals surface area (Å²) in [6.45, 7) is 4.41. The van der Waals surface area contributed by atoms with Gasteiger partial charge in [-0.25, -0.2) is 0 Å². The Morgan fingerprint density at radius 1 is 1.42 bits per heavy atom. The molecule has 1 saturated heterocycles. The molecule has 5 nitrogen and oxygen atoms in total. The molecule has 0 atom stereocenters. The van der Waals surface area contributed by atoms with Crippen molar-refractivity contribution in [3.05, 3.63) is 24.3 Å². The van der Waals surface area contributed by atoms with E-state index in [2.05, 4.69) is 0 Å². The number of β-amino-alcohol motifs (C(OH)–C–C–N with tert-alkyl or cyclic N) is 1. The van der Waals surface area contributed by atoms with Crippen molar-refractivity contribution in [1.29, 1.82) is 0 Å². The largest absolute Gasteiger partial charge is 0.504 e. The van der Waals surface area contributed by atoms with Gasteiger partial charge in [-0.3, -0.25) is 4.79 Å². The highest BCUT2D eigenvalue weighted by Crippen LogP contribution is 2.29. The van der Waals surface area contributed by atoms with Gasteiger partial charge in [0, 0.05) is 0 Å². The molecule has 0 aromatic heterocycles. The number of rotatable bonds is 4. The van der Waals surface area contributed by atoms with Gasteiger partial charge in [-0.1, -0.05) is 26.0 Å². The molecular formula is C14H19NO4. The molecule has 1 amide bonds. The Morgan fingerprint density at radius 2 is 2.05 bits per heavy atom.